The van der Waals surface area contributed by atoms with Crippen LogP contribution in [0.5, 0.6) is 11.8 Å². The highest BCUT2D eigenvalue weighted by Crippen LogP contribution is 2.39. The lowest BCUT2D eigenvalue weighted by atomic mass is 10.1. The molecule has 6 rings (SSSR count). The molecular formula is C20H25N8O13P. The van der Waals surface area contributed by atoms with Crippen molar-refractivity contribution in [1.82, 2.24) is 39.0 Å². The Bertz CT molecular complexity index is 1600. The van der Waals surface area contributed by atoms with Crippen molar-refractivity contribution in [2.24, 2.45) is 0 Å². The lowest BCUT2D eigenvalue weighted by molar-refractivity contribution is -0.0511. The van der Waals surface area contributed by atoms with E-state index in [9.17, 15) is 35.2 Å². The van der Waals surface area contributed by atoms with Crippen molar-refractivity contribution < 1.29 is 64.1 Å². The van der Waals surface area contributed by atoms with E-state index in [-0.39, 0.29) is 34.1 Å². The molecule has 4 aromatic rings. The molecule has 0 unspecified atom stereocenters. The Kier molecular flexibility index (Phi) is 8.33. The van der Waals surface area contributed by atoms with E-state index in [0.717, 1.165) is 12.7 Å². The van der Waals surface area contributed by atoms with Crippen LogP contribution < -0.4 is 0 Å². The highest BCUT2D eigenvalue weighted by molar-refractivity contribution is 7.46. The van der Waals surface area contributed by atoms with E-state index < -0.39 is 70.1 Å². The largest absolute Gasteiger partial charge is 0.492 e. The van der Waals surface area contributed by atoms with E-state index in [1.165, 1.54) is 21.8 Å². The second-order valence-corrected chi connectivity index (χ2v) is 10.3. The Balaban J connectivity index is 0.000000171. The monoisotopic (exact) mass is 616 g/mol. The van der Waals surface area contributed by atoms with Crippen LogP contribution in [-0.4, -0.2) is 134 Å². The molecule has 0 spiro atoms. The van der Waals surface area contributed by atoms with Crippen molar-refractivity contribution >= 4 is 30.2 Å². The number of rotatable bonds is 6. The first-order valence-electron chi connectivity index (χ1n) is 12.0. The van der Waals surface area contributed by atoms with Gasteiger partial charge in [-0.15, -0.1) is 0 Å². The van der Waals surface area contributed by atoms with Gasteiger partial charge in [0.1, 0.15) is 49.3 Å². The molecule has 0 aliphatic carbocycles. The Morgan fingerprint density at radius 2 is 1.19 bits per heavy atom. The van der Waals surface area contributed by atoms with Crippen LogP contribution in [0.15, 0.2) is 25.3 Å². The number of aliphatic hydroxyl groups excluding tert-OH is 5. The fourth-order valence-electron chi connectivity index (χ4n) is 4.43. The predicted molar refractivity (Wildman–Crippen MR) is 131 cm³/mol. The predicted octanol–water partition coefficient (Wildman–Crippen LogP) is -3.60. The summed E-state index contributed by atoms with van der Waals surface area (Å²) in [4.78, 5) is 40.2. The number of aromatic hydroxyl groups is 2. The third-order valence-corrected chi connectivity index (χ3v) is 6.97. The molecule has 0 amide bonds. The molecule has 0 radical (unpaired) electrons. The Hall–Kier alpha value is -3.47. The smallest absolute Gasteiger partial charge is 0.469 e. The number of aromatic nitrogens is 8. The highest BCUT2D eigenvalue weighted by Gasteiger charge is 2.46. The molecule has 0 saturated carbocycles. The van der Waals surface area contributed by atoms with Gasteiger partial charge in [-0.2, -0.15) is 9.97 Å². The van der Waals surface area contributed by atoms with E-state index in [1.807, 2.05) is 0 Å². The fraction of sp³-hybridized carbons (Fsp3) is 0.500. The normalized spacial score (nSPS) is 29.7. The lowest BCUT2D eigenvalue weighted by Gasteiger charge is -2.16. The summed E-state index contributed by atoms with van der Waals surface area (Å²) in [5.41, 5.74) is 0.667. The summed E-state index contributed by atoms with van der Waals surface area (Å²) in [6, 6.07) is 0. The molecule has 9 N–H and O–H groups in total. The van der Waals surface area contributed by atoms with Crippen LogP contribution in [0.3, 0.4) is 0 Å². The van der Waals surface area contributed by atoms with Crippen LogP contribution in [0, 0.1) is 0 Å². The second-order valence-electron chi connectivity index (χ2n) is 9.10. The first kappa shape index (κ1) is 30.0. The lowest BCUT2D eigenvalue weighted by Crippen LogP contribution is -2.33. The molecule has 2 aliphatic rings. The average molecular weight is 616 g/mol. The standard InChI is InChI=1S/C10H13N4O8P.C10H12N4O5/c15-6-4(1-21-23(18,19)20)22-10(7(6)16)14-3-13-5-8(14)11-2-12-9(5)17;15-1-4-6(16)7(17)10(19-4)14-3-13-5-8(14)11-2-12-9(5)18/h2-4,6-7,10,15-16H,1H2,(H,11,12,17)(H2,18,19,20);2-4,6-7,10,15-17H,1H2,(H,11,12,18)/t2*4-,6-,7-,10-/m11/s1. The maximum atomic E-state index is 10.7. The van der Waals surface area contributed by atoms with Gasteiger partial charge in [0, 0.05) is 0 Å². The van der Waals surface area contributed by atoms with E-state index in [0.29, 0.717) is 0 Å². The molecular weight excluding hydrogens is 591 g/mol. The van der Waals surface area contributed by atoms with Crippen molar-refractivity contribution in [3.8, 4) is 11.8 Å². The molecule has 21 nitrogen and oxygen atoms in total. The van der Waals surface area contributed by atoms with Crippen LogP contribution in [0.25, 0.3) is 22.3 Å². The molecule has 8 atom stereocenters. The van der Waals surface area contributed by atoms with Gasteiger partial charge in [-0.1, -0.05) is 0 Å². The highest BCUT2D eigenvalue weighted by atomic mass is 31.2. The minimum Gasteiger partial charge on any atom is -0.492 e. The summed E-state index contributed by atoms with van der Waals surface area (Å²) in [5, 5.41) is 67.8. The Labute approximate surface area is 233 Å². The number of aliphatic hydroxyl groups is 5. The average Bonchev–Trinajstić information content (AvgIpc) is 3.70. The summed E-state index contributed by atoms with van der Waals surface area (Å²) in [5.74, 6) is -0.640. The maximum absolute atomic E-state index is 10.7. The topological polar surface area (TPSA) is 314 Å². The number of fused-ring (bicyclic) bond motifs is 2. The minimum absolute atomic E-state index is 0.0766. The summed E-state index contributed by atoms with van der Waals surface area (Å²) in [7, 11) is -4.74. The number of phosphoric ester groups is 1. The SMILES string of the molecule is O=P(O)(O)OC[C@H]1O[C@@H](n2cnc3c(O)ncnc32)[C@H](O)[C@@H]1O.OC[C@H]1O[C@@H](n2cnc3c(O)ncnc32)[C@H](O)[C@@H]1O. The second kappa shape index (κ2) is 11.7. The molecule has 0 bridgehead atoms. The zero-order chi connectivity index (χ0) is 30.3. The molecule has 2 fully saturated rings. The molecule has 22 heteroatoms. The van der Waals surface area contributed by atoms with Crippen LogP contribution in [0.1, 0.15) is 12.5 Å². The summed E-state index contributed by atoms with van der Waals surface area (Å²) < 4.78 is 28.4. The van der Waals surface area contributed by atoms with Crippen LogP contribution in [0.2, 0.25) is 0 Å². The fourth-order valence-corrected chi connectivity index (χ4v) is 4.77. The van der Waals surface area contributed by atoms with Gasteiger partial charge in [-0.25, -0.2) is 24.5 Å². The van der Waals surface area contributed by atoms with Gasteiger partial charge in [0.05, 0.1) is 25.9 Å². The van der Waals surface area contributed by atoms with Crippen molar-refractivity contribution in [3.63, 3.8) is 0 Å². The molecule has 6 heterocycles. The van der Waals surface area contributed by atoms with E-state index in [1.54, 1.807) is 0 Å². The first-order valence-corrected chi connectivity index (χ1v) is 13.5. The number of phosphoric acid groups is 1. The van der Waals surface area contributed by atoms with Gasteiger partial charge in [0.25, 0.3) is 0 Å². The van der Waals surface area contributed by atoms with Gasteiger partial charge in [-0.3, -0.25) is 13.7 Å². The van der Waals surface area contributed by atoms with Gasteiger partial charge < -0.3 is 55.0 Å². The van der Waals surface area contributed by atoms with Crippen LogP contribution in [0.4, 0.5) is 0 Å². The summed E-state index contributed by atoms with van der Waals surface area (Å²) in [6.45, 7) is -1.03. The summed E-state index contributed by atoms with van der Waals surface area (Å²) >= 11 is 0. The van der Waals surface area contributed by atoms with Crippen molar-refractivity contribution in [2.45, 2.75) is 49.1 Å². The van der Waals surface area contributed by atoms with E-state index >= 15 is 0 Å². The van der Waals surface area contributed by atoms with E-state index in [4.69, 9.17) is 24.4 Å². The maximum Gasteiger partial charge on any atom is 0.469 e. The van der Waals surface area contributed by atoms with Crippen molar-refractivity contribution in [1.29, 1.82) is 0 Å². The third-order valence-electron chi connectivity index (χ3n) is 6.49. The molecule has 4 aromatic heterocycles. The van der Waals surface area contributed by atoms with Crippen molar-refractivity contribution in [2.75, 3.05) is 13.2 Å². The first-order chi connectivity index (χ1) is 19.9. The van der Waals surface area contributed by atoms with Gasteiger partial charge in [0.2, 0.25) is 11.8 Å². The zero-order valence-electron chi connectivity index (χ0n) is 21.0. The molecule has 0 aromatic carbocycles. The third kappa shape index (κ3) is 5.63. The van der Waals surface area contributed by atoms with Gasteiger partial charge in [0.15, 0.2) is 34.8 Å². The van der Waals surface area contributed by atoms with Gasteiger partial charge in [-0.05, 0) is 0 Å². The quantitative estimate of drug-likeness (QED) is 0.0945. The molecule has 42 heavy (non-hydrogen) atoms. The Morgan fingerprint density at radius 3 is 1.62 bits per heavy atom. The number of hydrogen-bond acceptors (Lipinski definition) is 17. The number of nitrogens with zero attached hydrogens (tertiary/aromatic N) is 8. The number of ether oxygens (including phenoxy) is 2. The van der Waals surface area contributed by atoms with Crippen LogP contribution in [-0.2, 0) is 18.6 Å². The van der Waals surface area contributed by atoms with Gasteiger partial charge >= 0.3 is 7.82 Å². The van der Waals surface area contributed by atoms with Crippen molar-refractivity contribution in [3.05, 3.63) is 25.3 Å². The molecule has 228 valence electrons. The number of imidazole rings is 2. The zero-order valence-corrected chi connectivity index (χ0v) is 21.9. The molecule has 2 aliphatic heterocycles. The number of hydrogen-bond donors (Lipinski definition) is 9. The van der Waals surface area contributed by atoms with Crippen LogP contribution >= 0.6 is 7.82 Å². The van der Waals surface area contributed by atoms with E-state index in [2.05, 4.69) is 34.4 Å². The molecule has 2 saturated heterocycles. The Morgan fingerprint density at radius 1 is 0.738 bits per heavy atom. The summed E-state index contributed by atoms with van der Waals surface area (Å²) in [6.07, 6.45) is -4.64. The minimum atomic E-state index is -4.74.